The maximum Gasteiger partial charge on any atom is 0.410 e. The van der Waals surface area contributed by atoms with Gasteiger partial charge in [-0.15, -0.1) is 0 Å². The Hall–Kier alpha value is -0.910. The molecule has 18 heavy (non-hydrogen) atoms. The molecule has 1 aliphatic heterocycles. The van der Waals surface area contributed by atoms with Crippen LogP contribution in [0.5, 0.6) is 0 Å². The summed E-state index contributed by atoms with van der Waals surface area (Å²) in [6.07, 6.45) is -0.673. The summed E-state index contributed by atoms with van der Waals surface area (Å²) >= 11 is 0. The number of ether oxygens (including phenoxy) is 1. The zero-order valence-corrected chi connectivity index (χ0v) is 11.4. The Balaban J connectivity index is 2.74. The smallest absolute Gasteiger partial charge is 0.410 e. The highest BCUT2D eigenvalue weighted by atomic mass is 19.3. The summed E-state index contributed by atoms with van der Waals surface area (Å²) in [5.41, 5.74) is 4.94. The van der Waals surface area contributed by atoms with Crippen molar-refractivity contribution in [1.82, 2.24) is 4.90 Å². The Morgan fingerprint density at radius 2 is 2.11 bits per heavy atom. The minimum Gasteiger partial charge on any atom is -0.444 e. The first-order chi connectivity index (χ1) is 8.00. The van der Waals surface area contributed by atoms with E-state index in [0.29, 0.717) is 6.42 Å². The maximum absolute atomic E-state index is 13.4. The summed E-state index contributed by atoms with van der Waals surface area (Å²) < 4.78 is 31.9. The molecule has 6 heteroatoms. The molecular weight excluding hydrogens is 242 g/mol. The summed E-state index contributed by atoms with van der Waals surface area (Å²) in [4.78, 5) is 13.0. The lowest BCUT2D eigenvalue weighted by atomic mass is 10.1. The van der Waals surface area contributed by atoms with Gasteiger partial charge in [0.25, 0.3) is 5.92 Å². The quantitative estimate of drug-likeness (QED) is 0.833. The van der Waals surface area contributed by atoms with Crippen LogP contribution in [0.4, 0.5) is 13.6 Å². The Morgan fingerprint density at radius 3 is 2.56 bits per heavy atom. The molecule has 1 amide bonds. The van der Waals surface area contributed by atoms with E-state index in [0.717, 1.165) is 4.90 Å². The van der Waals surface area contributed by atoms with Crippen LogP contribution in [0.3, 0.4) is 0 Å². The van der Waals surface area contributed by atoms with Crippen molar-refractivity contribution in [3.05, 3.63) is 0 Å². The van der Waals surface area contributed by atoms with E-state index in [-0.39, 0.29) is 12.5 Å². The molecule has 0 saturated carbocycles. The van der Waals surface area contributed by atoms with Crippen LogP contribution in [-0.2, 0) is 4.74 Å². The normalized spacial score (nSPS) is 25.1. The lowest BCUT2D eigenvalue weighted by molar-refractivity contribution is -0.00249. The van der Waals surface area contributed by atoms with Crippen LogP contribution in [0.2, 0.25) is 0 Å². The van der Waals surface area contributed by atoms with Gasteiger partial charge in [-0.05, 0) is 34.1 Å². The summed E-state index contributed by atoms with van der Waals surface area (Å²) in [5.74, 6) is -2.85. The molecule has 0 bridgehead atoms. The van der Waals surface area contributed by atoms with E-state index in [4.69, 9.17) is 10.5 Å². The van der Waals surface area contributed by atoms with E-state index < -0.39 is 30.2 Å². The Kier molecular flexibility index (Phi) is 4.20. The van der Waals surface area contributed by atoms with Gasteiger partial charge in [0.15, 0.2) is 0 Å². The molecule has 4 nitrogen and oxygen atoms in total. The van der Waals surface area contributed by atoms with Crippen LogP contribution in [-0.4, -0.2) is 41.1 Å². The van der Waals surface area contributed by atoms with E-state index in [2.05, 4.69) is 0 Å². The molecule has 0 radical (unpaired) electrons. The van der Waals surface area contributed by atoms with E-state index in [1.807, 2.05) is 0 Å². The molecule has 1 saturated heterocycles. The number of hydrogen-bond donors (Lipinski definition) is 1. The lowest BCUT2D eigenvalue weighted by Crippen LogP contribution is -2.42. The molecule has 2 atom stereocenters. The zero-order valence-electron chi connectivity index (χ0n) is 11.4. The van der Waals surface area contributed by atoms with Crippen LogP contribution in [0.1, 0.15) is 40.5 Å². The van der Waals surface area contributed by atoms with Crippen LogP contribution in [0.25, 0.3) is 0 Å². The second-order valence-corrected chi connectivity index (χ2v) is 6.04. The molecule has 1 rings (SSSR count). The summed E-state index contributed by atoms with van der Waals surface area (Å²) in [6.45, 7) is 6.28. The first-order valence-electron chi connectivity index (χ1n) is 6.13. The number of alkyl halides is 2. The molecule has 1 heterocycles. The molecule has 0 spiro atoms. The van der Waals surface area contributed by atoms with Crippen LogP contribution < -0.4 is 5.73 Å². The predicted octanol–water partition coefficient (Wildman–Crippen LogP) is 2.37. The van der Waals surface area contributed by atoms with Crippen molar-refractivity contribution >= 4 is 6.09 Å². The van der Waals surface area contributed by atoms with Crippen molar-refractivity contribution in [3.63, 3.8) is 0 Å². The second-order valence-electron chi connectivity index (χ2n) is 6.04. The summed E-state index contributed by atoms with van der Waals surface area (Å²) in [7, 11) is 0. The summed E-state index contributed by atoms with van der Waals surface area (Å²) in [5, 5.41) is 0. The number of amides is 1. The van der Waals surface area contributed by atoms with Gasteiger partial charge in [-0.2, -0.15) is 0 Å². The average molecular weight is 264 g/mol. The minimum atomic E-state index is -2.85. The minimum absolute atomic E-state index is 0.228. The number of likely N-dealkylation sites (tertiary alicyclic amines) is 1. The van der Waals surface area contributed by atoms with Gasteiger partial charge in [0.05, 0.1) is 6.54 Å². The standard InChI is InChI=1S/C12H22F2N2O2/c1-8(15)5-9-6-12(13,14)7-16(9)10(17)18-11(2,3)4/h8-9H,5-7,15H2,1-4H3/t8?,9-/m0/s1. The molecule has 0 aromatic heterocycles. The van der Waals surface area contributed by atoms with Crippen LogP contribution >= 0.6 is 0 Å². The zero-order chi connectivity index (χ0) is 14.1. The molecular formula is C12H22F2N2O2. The van der Waals surface area contributed by atoms with Crippen molar-refractivity contribution in [1.29, 1.82) is 0 Å². The van der Waals surface area contributed by atoms with Crippen LogP contribution in [0.15, 0.2) is 0 Å². The SMILES string of the molecule is CC(N)C[C@H]1CC(F)(F)CN1C(=O)OC(C)(C)C. The van der Waals surface area contributed by atoms with Gasteiger partial charge in [-0.3, -0.25) is 4.90 Å². The van der Waals surface area contributed by atoms with Gasteiger partial charge in [0, 0.05) is 18.5 Å². The lowest BCUT2D eigenvalue weighted by Gasteiger charge is -2.28. The fourth-order valence-corrected chi connectivity index (χ4v) is 2.07. The van der Waals surface area contributed by atoms with E-state index in [9.17, 15) is 13.6 Å². The summed E-state index contributed by atoms with van der Waals surface area (Å²) in [6, 6.07) is -0.774. The fourth-order valence-electron chi connectivity index (χ4n) is 2.07. The van der Waals surface area contributed by atoms with E-state index in [1.165, 1.54) is 0 Å². The average Bonchev–Trinajstić information content (AvgIpc) is 2.36. The molecule has 2 N–H and O–H groups in total. The molecule has 0 aromatic rings. The first kappa shape index (κ1) is 15.1. The van der Waals surface area contributed by atoms with E-state index in [1.54, 1.807) is 27.7 Å². The molecule has 106 valence electrons. The second kappa shape index (κ2) is 4.99. The topological polar surface area (TPSA) is 55.6 Å². The number of carbonyl (C=O) groups excluding carboxylic acids is 1. The first-order valence-corrected chi connectivity index (χ1v) is 6.13. The van der Waals surface area contributed by atoms with Crippen molar-refractivity contribution in [2.45, 2.75) is 64.1 Å². The van der Waals surface area contributed by atoms with Crippen molar-refractivity contribution in [2.75, 3.05) is 6.54 Å². The molecule has 1 unspecified atom stereocenters. The van der Waals surface area contributed by atoms with Crippen molar-refractivity contribution < 1.29 is 18.3 Å². The van der Waals surface area contributed by atoms with Gasteiger partial charge in [0.2, 0.25) is 0 Å². The Bertz CT molecular complexity index is 314. The Labute approximate surface area is 106 Å². The monoisotopic (exact) mass is 264 g/mol. The highest BCUT2D eigenvalue weighted by molar-refractivity contribution is 5.69. The molecule has 1 aliphatic rings. The van der Waals surface area contributed by atoms with Gasteiger partial charge in [0.1, 0.15) is 5.60 Å². The van der Waals surface area contributed by atoms with Gasteiger partial charge in [-0.1, -0.05) is 0 Å². The fraction of sp³-hybridized carbons (Fsp3) is 0.917. The third kappa shape index (κ3) is 4.40. The number of rotatable bonds is 2. The molecule has 0 aromatic carbocycles. The van der Waals surface area contributed by atoms with Crippen LogP contribution in [0, 0.1) is 0 Å². The van der Waals surface area contributed by atoms with E-state index >= 15 is 0 Å². The number of halogens is 2. The number of hydrogen-bond acceptors (Lipinski definition) is 3. The Morgan fingerprint density at radius 1 is 1.56 bits per heavy atom. The van der Waals surface area contributed by atoms with Crippen molar-refractivity contribution in [2.24, 2.45) is 5.73 Å². The maximum atomic E-state index is 13.4. The third-order valence-corrected chi connectivity index (χ3v) is 2.65. The number of carbonyl (C=O) groups is 1. The number of nitrogens with zero attached hydrogens (tertiary/aromatic N) is 1. The molecule has 1 fully saturated rings. The number of nitrogens with two attached hydrogens (primary N) is 1. The highest BCUT2D eigenvalue weighted by Crippen LogP contribution is 2.34. The van der Waals surface area contributed by atoms with Gasteiger partial charge < -0.3 is 10.5 Å². The highest BCUT2D eigenvalue weighted by Gasteiger charge is 2.48. The third-order valence-electron chi connectivity index (χ3n) is 2.65. The predicted molar refractivity (Wildman–Crippen MR) is 64.6 cm³/mol. The largest absolute Gasteiger partial charge is 0.444 e. The van der Waals surface area contributed by atoms with Gasteiger partial charge in [-0.25, -0.2) is 13.6 Å². The molecule has 0 aliphatic carbocycles. The van der Waals surface area contributed by atoms with Gasteiger partial charge >= 0.3 is 6.09 Å². The van der Waals surface area contributed by atoms with Crippen molar-refractivity contribution in [3.8, 4) is 0 Å².